The SMILES string of the molecule is CC(C)(C)OC(=O)N1C2CCC1CC(N1CCCc3cc(Cl)nnc31)C2. The first-order valence-corrected chi connectivity index (χ1v) is 9.99. The Hall–Kier alpha value is -1.56. The average Bonchev–Trinajstić information content (AvgIpc) is 2.83. The van der Waals surface area contributed by atoms with Crippen molar-refractivity contribution in [3.8, 4) is 0 Å². The standard InChI is InChI=1S/C19H27ClN4O2/c1-19(2,3)26-18(25)24-13-6-7-14(24)11-15(10-13)23-8-4-5-12-9-16(20)21-22-17(12)23/h9,13-15H,4-8,10-11H2,1-3H3. The number of hydrogen-bond acceptors (Lipinski definition) is 5. The van der Waals surface area contributed by atoms with E-state index in [0.29, 0.717) is 11.2 Å². The number of anilines is 1. The van der Waals surface area contributed by atoms with Crippen LogP contribution in [0.3, 0.4) is 0 Å². The number of fused-ring (bicyclic) bond motifs is 3. The van der Waals surface area contributed by atoms with Crippen LogP contribution in [0.1, 0.15) is 58.4 Å². The first kappa shape index (κ1) is 17.8. The molecule has 4 rings (SSSR count). The minimum Gasteiger partial charge on any atom is -0.444 e. The van der Waals surface area contributed by atoms with E-state index in [9.17, 15) is 4.79 Å². The highest BCUT2D eigenvalue weighted by Crippen LogP contribution is 2.40. The largest absolute Gasteiger partial charge is 0.444 e. The molecule has 0 N–H and O–H groups in total. The maximum atomic E-state index is 12.6. The van der Waals surface area contributed by atoms with Gasteiger partial charge in [-0.3, -0.25) is 0 Å². The zero-order valence-corrected chi connectivity index (χ0v) is 16.5. The fourth-order valence-corrected chi connectivity index (χ4v) is 4.91. The van der Waals surface area contributed by atoms with E-state index in [4.69, 9.17) is 16.3 Å². The first-order chi connectivity index (χ1) is 12.3. The second-order valence-corrected chi connectivity index (χ2v) is 9.10. The van der Waals surface area contributed by atoms with Gasteiger partial charge in [-0.05, 0) is 70.9 Å². The second-order valence-electron chi connectivity index (χ2n) is 8.71. The van der Waals surface area contributed by atoms with Gasteiger partial charge in [0.2, 0.25) is 0 Å². The first-order valence-electron chi connectivity index (χ1n) is 9.62. The van der Waals surface area contributed by atoms with Gasteiger partial charge in [0, 0.05) is 24.7 Å². The van der Waals surface area contributed by atoms with Gasteiger partial charge in [0.05, 0.1) is 0 Å². The molecular formula is C19H27ClN4O2. The number of carbonyl (C=O) groups excluding carboxylic acids is 1. The Morgan fingerprint density at radius 1 is 1.19 bits per heavy atom. The summed E-state index contributed by atoms with van der Waals surface area (Å²) in [6.45, 7) is 6.77. The number of aromatic nitrogens is 2. The van der Waals surface area contributed by atoms with Gasteiger partial charge < -0.3 is 14.5 Å². The van der Waals surface area contributed by atoms with Crippen molar-refractivity contribution in [3.05, 3.63) is 16.8 Å². The molecule has 0 saturated carbocycles. The molecule has 0 aliphatic carbocycles. The predicted octanol–water partition coefficient (Wildman–Crippen LogP) is 3.81. The van der Waals surface area contributed by atoms with Crippen LogP contribution >= 0.6 is 11.6 Å². The minimum atomic E-state index is -0.450. The van der Waals surface area contributed by atoms with Crippen LogP contribution in [0.15, 0.2) is 6.07 Å². The van der Waals surface area contributed by atoms with Crippen LogP contribution in [0, 0.1) is 0 Å². The molecule has 2 fully saturated rings. The van der Waals surface area contributed by atoms with E-state index in [0.717, 1.165) is 50.9 Å². The van der Waals surface area contributed by atoms with Gasteiger partial charge in [-0.15, -0.1) is 10.2 Å². The number of nitrogens with zero attached hydrogens (tertiary/aromatic N) is 4. The molecule has 7 heteroatoms. The van der Waals surface area contributed by atoms with E-state index < -0.39 is 5.60 Å². The van der Waals surface area contributed by atoms with Crippen molar-refractivity contribution in [3.63, 3.8) is 0 Å². The number of hydrogen-bond donors (Lipinski definition) is 0. The fourth-order valence-electron chi connectivity index (χ4n) is 4.74. The molecule has 2 atom stereocenters. The van der Waals surface area contributed by atoms with E-state index in [1.165, 1.54) is 5.56 Å². The van der Waals surface area contributed by atoms with Crippen molar-refractivity contribution in [2.24, 2.45) is 0 Å². The van der Waals surface area contributed by atoms with Crippen LogP contribution in [0.25, 0.3) is 0 Å². The number of ether oxygens (including phenoxy) is 1. The molecule has 3 aliphatic heterocycles. The minimum absolute atomic E-state index is 0.158. The number of piperidine rings is 1. The lowest BCUT2D eigenvalue weighted by molar-refractivity contribution is 0.00576. The molecule has 1 amide bonds. The van der Waals surface area contributed by atoms with E-state index in [1.54, 1.807) is 0 Å². The smallest absolute Gasteiger partial charge is 0.410 e. The topological polar surface area (TPSA) is 58.6 Å². The number of amides is 1. The second kappa shape index (κ2) is 6.55. The molecule has 6 nitrogen and oxygen atoms in total. The van der Waals surface area contributed by atoms with Crippen molar-refractivity contribution in [1.82, 2.24) is 15.1 Å². The maximum absolute atomic E-state index is 12.6. The maximum Gasteiger partial charge on any atom is 0.410 e. The summed E-state index contributed by atoms with van der Waals surface area (Å²) in [4.78, 5) is 17.0. The molecular weight excluding hydrogens is 352 g/mol. The van der Waals surface area contributed by atoms with E-state index >= 15 is 0 Å². The molecule has 2 unspecified atom stereocenters. The Labute approximate surface area is 159 Å². The zero-order chi connectivity index (χ0) is 18.5. The van der Waals surface area contributed by atoms with Gasteiger partial charge in [0.1, 0.15) is 5.60 Å². The quantitative estimate of drug-likeness (QED) is 0.743. The van der Waals surface area contributed by atoms with Crippen molar-refractivity contribution >= 4 is 23.5 Å². The number of rotatable bonds is 1. The highest BCUT2D eigenvalue weighted by molar-refractivity contribution is 6.29. The lowest BCUT2D eigenvalue weighted by Gasteiger charge is -2.45. The van der Waals surface area contributed by atoms with Crippen molar-refractivity contribution in [2.45, 2.75) is 83.0 Å². The van der Waals surface area contributed by atoms with Gasteiger partial charge in [-0.2, -0.15) is 0 Å². The van der Waals surface area contributed by atoms with Gasteiger partial charge in [-0.25, -0.2) is 4.79 Å². The third-order valence-electron chi connectivity index (χ3n) is 5.69. The fraction of sp³-hybridized carbons (Fsp3) is 0.737. The monoisotopic (exact) mass is 378 g/mol. The van der Waals surface area contributed by atoms with E-state index in [-0.39, 0.29) is 18.2 Å². The van der Waals surface area contributed by atoms with Gasteiger partial charge in [0.25, 0.3) is 0 Å². The van der Waals surface area contributed by atoms with Gasteiger partial charge >= 0.3 is 6.09 Å². The Kier molecular flexibility index (Phi) is 4.49. The third-order valence-corrected chi connectivity index (χ3v) is 5.88. The van der Waals surface area contributed by atoms with Crippen LogP contribution in [-0.2, 0) is 11.2 Å². The van der Waals surface area contributed by atoms with Crippen LogP contribution < -0.4 is 4.90 Å². The highest BCUT2D eigenvalue weighted by Gasteiger charge is 2.46. The Balaban J connectivity index is 1.51. The summed E-state index contributed by atoms with van der Waals surface area (Å²) >= 11 is 6.02. The number of carbonyl (C=O) groups is 1. The summed E-state index contributed by atoms with van der Waals surface area (Å²) in [5.41, 5.74) is 0.742. The molecule has 0 radical (unpaired) electrons. The number of aryl methyl sites for hydroxylation is 1. The molecule has 1 aromatic rings. The normalized spacial score (nSPS) is 28.1. The lowest BCUT2D eigenvalue weighted by Crippen LogP contribution is -2.54. The Morgan fingerprint density at radius 3 is 2.54 bits per heavy atom. The molecule has 1 aromatic heterocycles. The molecule has 2 bridgehead atoms. The molecule has 26 heavy (non-hydrogen) atoms. The molecule has 4 heterocycles. The summed E-state index contributed by atoms with van der Waals surface area (Å²) in [7, 11) is 0. The van der Waals surface area contributed by atoms with Crippen molar-refractivity contribution in [2.75, 3.05) is 11.4 Å². The summed E-state index contributed by atoms with van der Waals surface area (Å²) in [5, 5.41) is 8.91. The van der Waals surface area contributed by atoms with Crippen LogP contribution in [0.2, 0.25) is 5.15 Å². The molecule has 0 spiro atoms. The van der Waals surface area contributed by atoms with E-state index in [2.05, 4.69) is 15.1 Å². The summed E-state index contributed by atoms with van der Waals surface area (Å²) < 4.78 is 5.64. The molecule has 0 aromatic carbocycles. The van der Waals surface area contributed by atoms with Gasteiger partial charge in [-0.1, -0.05) is 11.6 Å². The molecule has 3 aliphatic rings. The predicted molar refractivity (Wildman–Crippen MR) is 101 cm³/mol. The molecule has 142 valence electrons. The van der Waals surface area contributed by atoms with Crippen LogP contribution in [0.5, 0.6) is 0 Å². The summed E-state index contributed by atoms with van der Waals surface area (Å²) in [5.74, 6) is 0.982. The van der Waals surface area contributed by atoms with Crippen molar-refractivity contribution in [1.29, 1.82) is 0 Å². The Bertz CT molecular complexity index is 691. The van der Waals surface area contributed by atoms with Crippen LogP contribution in [-0.4, -0.2) is 51.5 Å². The summed E-state index contributed by atoms with van der Waals surface area (Å²) in [6.07, 6.45) is 6.02. The van der Waals surface area contributed by atoms with Crippen LogP contribution in [0.4, 0.5) is 10.6 Å². The van der Waals surface area contributed by atoms with Gasteiger partial charge in [0.15, 0.2) is 11.0 Å². The Morgan fingerprint density at radius 2 is 1.88 bits per heavy atom. The van der Waals surface area contributed by atoms with E-state index in [1.807, 2.05) is 31.7 Å². The lowest BCUT2D eigenvalue weighted by atomic mass is 9.94. The third kappa shape index (κ3) is 3.36. The zero-order valence-electron chi connectivity index (χ0n) is 15.7. The van der Waals surface area contributed by atoms with Crippen molar-refractivity contribution < 1.29 is 9.53 Å². The summed E-state index contributed by atoms with van der Waals surface area (Å²) in [6, 6.07) is 2.87. The highest BCUT2D eigenvalue weighted by atomic mass is 35.5. The average molecular weight is 379 g/mol. The number of halogens is 1. The molecule has 2 saturated heterocycles.